The van der Waals surface area contributed by atoms with Gasteiger partial charge in [-0.3, -0.25) is 9.69 Å². The van der Waals surface area contributed by atoms with Gasteiger partial charge in [-0.25, -0.2) is 14.6 Å². The number of carbonyl (C=O) groups is 3. The Bertz CT molecular complexity index is 1230. The van der Waals surface area contributed by atoms with Gasteiger partial charge < -0.3 is 19.5 Å². The van der Waals surface area contributed by atoms with Crippen LogP contribution < -0.4 is 14.8 Å². The molecular weight excluding hydrogens is 458 g/mol. The van der Waals surface area contributed by atoms with E-state index in [4.69, 9.17) is 14.2 Å². The SMILES string of the molecule is CCOC(=O)c1sc2nc(C)cc(OC)c2c1NC(=O)[C@H]1CCCN1C(=O)Oc1ccccc1. The lowest BCUT2D eigenvalue weighted by atomic mass is 10.1. The molecule has 1 atom stereocenters. The number of pyridine rings is 1. The van der Waals surface area contributed by atoms with Crippen molar-refractivity contribution >= 4 is 45.2 Å². The molecule has 0 aliphatic carbocycles. The van der Waals surface area contributed by atoms with E-state index in [0.29, 0.717) is 46.8 Å². The molecule has 1 aliphatic rings. The van der Waals surface area contributed by atoms with Crippen LogP contribution in [0.3, 0.4) is 0 Å². The average Bonchev–Trinajstić information content (AvgIpc) is 3.45. The first-order valence-corrected chi connectivity index (χ1v) is 11.7. The molecule has 0 saturated carbocycles. The molecule has 2 amide bonds. The van der Waals surface area contributed by atoms with E-state index in [9.17, 15) is 14.4 Å². The van der Waals surface area contributed by atoms with Crippen molar-refractivity contribution in [2.45, 2.75) is 32.7 Å². The summed E-state index contributed by atoms with van der Waals surface area (Å²) in [6.07, 6.45) is 0.530. The van der Waals surface area contributed by atoms with E-state index in [0.717, 1.165) is 11.3 Å². The molecule has 0 radical (unpaired) electrons. The number of likely N-dealkylation sites (tertiary alicyclic amines) is 1. The van der Waals surface area contributed by atoms with Crippen molar-refractivity contribution < 1.29 is 28.6 Å². The lowest BCUT2D eigenvalue weighted by Gasteiger charge is -2.23. The number of esters is 1. The number of hydrogen-bond donors (Lipinski definition) is 1. The number of fused-ring (bicyclic) bond motifs is 1. The number of para-hydroxylation sites is 1. The Morgan fingerprint density at radius 2 is 2.00 bits per heavy atom. The van der Waals surface area contributed by atoms with E-state index in [-0.39, 0.29) is 17.2 Å². The van der Waals surface area contributed by atoms with Crippen LogP contribution in [-0.2, 0) is 9.53 Å². The van der Waals surface area contributed by atoms with Crippen molar-refractivity contribution in [2.75, 3.05) is 25.6 Å². The summed E-state index contributed by atoms with van der Waals surface area (Å²) in [5.41, 5.74) is 0.987. The molecule has 0 unspecified atom stereocenters. The number of carbonyl (C=O) groups excluding carboxylic acids is 3. The van der Waals surface area contributed by atoms with Crippen LogP contribution in [0, 0.1) is 6.92 Å². The number of thiophene rings is 1. The van der Waals surface area contributed by atoms with E-state index in [1.54, 1.807) is 37.3 Å². The Labute approximate surface area is 200 Å². The summed E-state index contributed by atoms with van der Waals surface area (Å²) in [4.78, 5) is 45.5. The van der Waals surface area contributed by atoms with Gasteiger partial charge in [0.05, 0.1) is 24.8 Å². The summed E-state index contributed by atoms with van der Waals surface area (Å²) >= 11 is 1.12. The number of aryl methyl sites for hydroxylation is 1. The number of anilines is 1. The van der Waals surface area contributed by atoms with Crippen LogP contribution in [0.15, 0.2) is 36.4 Å². The zero-order chi connectivity index (χ0) is 24.2. The first-order valence-electron chi connectivity index (χ1n) is 10.9. The lowest BCUT2D eigenvalue weighted by molar-refractivity contribution is -0.119. The fourth-order valence-electron chi connectivity index (χ4n) is 3.91. The fourth-order valence-corrected chi connectivity index (χ4v) is 5.00. The molecule has 34 heavy (non-hydrogen) atoms. The molecule has 1 fully saturated rings. The Kier molecular flexibility index (Phi) is 6.97. The number of nitrogens with zero attached hydrogens (tertiary/aromatic N) is 2. The molecular formula is C24H25N3O6S. The van der Waals surface area contributed by atoms with Gasteiger partial charge in [-0.15, -0.1) is 11.3 Å². The smallest absolute Gasteiger partial charge is 0.415 e. The van der Waals surface area contributed by atoms with E-state index < -0.39 is 24.0 Å². The van der Waals surface area contributed by atoms with Crippen LogP contribution in [0.2, 0.25) is 0 Å². The van der Waals surface area contributed by atoms with Crippen molar-refractivity contribution in [1.29, 1.82) is 0 Å². The van der Waals surface area contributed by atoms with E-state index in [1.807, 2.05) is 13.0 Å². The quantitative estimate of drug-likeness (QED) is 0.518. The highest BCUT2D eigenvalue weighted by Gasteiger charge is 2.37. The molecule has 0 spiro atoms. The van der Waals surface area contributed by atoms with Gasteiger partial charge in [0.15, 0.2) is 0 Å². The third-order valence-corrected chi connectivity index (χ3v) is 6.48. The first kappa shape index (κ1) is 23.5. The van der Waals surface area contributed by atoms with Gasteiger partial charge in [-0.1, -0.05) is 18.2 Å². The standard InChI is InChI=1S/C24H25N3O6S/c1-4-32-23(29)20-19(18-17(31-3)13-14(2)25-22(18)34-20)26-21(28)16-11-8-12-27(16)24(30)33-15-9-6-5-7-10-15/h5-7,9-10,13,16H,4,8,11-12H2,1-3H3,(H,26,28)/t16-/m1/s1. The normalized spacial score (nSPS) is 15.3. The third kappa shape index (κ3) is 4.67. The molecule has 10 heteroatoms. The molecule has 2 aromatic heterocycles. The number of rotatable bonds is 6. The molecule has 1 N–H and O–H groups in total. The molecule has 9 nitrogen and oxygen atoms in total. The molecule has 1 aromatic carbocycles. The maximum absolute atomic E-state index is 13.4. The molecule has 1 aliphatic heterocycles. The van der Waals surface area contributed by atoms with Crippen molar-refractivity contribution in [3.05, 3.63) is 47.0 Å². The zero-order valence-corrected chi connectivity index (χ0v) is 19.9. The van der Waals surface area contributed by atoms with E-state index in [1.165, 1.54) is 12.0 Å². The summed E-state index contributed by atoms with van der Waals surface area (Å²) in [6, 6.07) is 9.68. The number of aromatic nitrogens is 1. The summed E-state index contributed by atoms with van der Waals surface area (Å²) in [6.45, 7) is 4.11. The minimum absolute atomic E-state index is 0.186. The second-order valence-electron chi connectivity index (χ2n) is 7.69. The third-order valence-electron chi connectivity index (χ3n) is 5.42. The van der Waals surface area contributed by atoms with Crippen LogP contribution in [0.25, 0.3) is 10.2 Å². The maximum Gasteiger partial charge on any atom is 0.415 e. The van der Waals surface area contributed by atoms with Crippen molar-refractivity contribution in [3.63, 3.8) is 0 Å². The minimum atomic E-state index is -0.745. The van der Waals surface area contributed by atoms with Crippen molar-refractivity contribution in [2.24, 2.45) is 0 Å². The summed E-state index contributed by atoms with van der Waals surface area (Å²) in [7, 11) is 1.51. The number of benzene rings is 1. The molecule has 0 bridgehead atoms. The van der Waals surface area contributed by atoms with Crippen LogP contribution >= 0.6 is 11.3 Å². The Morgan fingerprint density at radius 3 is 2.71 bits per heavy atom. The molecule has 1 saturated heterocycles. The second kappa shape index (κ2) is 10.1. The fraction of sp³-hybridized carbons (Fsp3) is 0.333. The minimum Gasteiger partial charge on any atom is -0.496 e. The van der Waals surface area contributed by atoms with E-state index in [2.05, 4.69) is 10.3 Å². The van der Waals surface area contributed by atoms with Crippen LogP contribution in [0.5, 0.6) is 11.5 Å². The van der Waals surface area contributed by atoms with Gasteiger partial charge in [0.25, 0.3) is 0 Å². The predicted molar refractivity (Wildman–Crippen MR) is 128 cm³/mol. The van der Waals surface area contributed by atoms with Gasteiger partial charge in [-0.2, -0.15) is 0 Å². The van der Waals surface area contributed by atoms with E-state index >= 15 is 0 Å². The van der Waals surface area contributed by atoms with Gasteiger partial charge >= 0.3 is 12.1 Å². The van der Waals surface area contributed by atoms with Crippen LogP contribution in [0.4, 0.5) is 10.5 Å². The largest absolute Gasteiger partial charge is 0.496 e. The first-order chi connectivity index (χ1) is 16.4. The van der Waals surface area contributed by atoms with Crippen LogP contribution in [-0.4, -0.2) is 54.2 Å². The Hall–Kier alpha value is -3.66. The van der Waals surface area contributed by atoms with Crippen LogP contribution in [0.1, 0.15) is 35.1 Å². The van der Waals surface area contributed by atoms with Gasteiger partial charge in [0, 0.05) is 18.3 Å². The monoisotopic (exact) mass is 483 g/mol. The predicted octanol–water partition coefficient (Wildman–Crippen LogP) is 4.39. The number of amides is 2. The second-order valence-corrected chi connectivity index (χ2v) is 8.69. The van der Waals surface area contributed by atoms with Gasteiger partial charge in [0.2, 0.25) is 5.91 Å². The number of nitrogens with one attached hydrogen (secondary N) is 1. The molecule has 3 heterocycles. The highest BCUT2D eigenvalue weighted by Crippen LogP contribution is 2.41. The maximum atomic E-state index is 13.4. The molecule has 178 valence electrons. The number of methoxy groups -OCH3 is 1. The summed E-state index contributed by atoms with van der Waals surface area (Å²) in [5, 5.41) is 3.38. The highest BCUT2D eigenvalue weighted by molar-refractivity contribution is 7.21. The number of ether oxygens (including phenoxy) is 3. The summed E-state index contributed by atoms with van der Waals surface area (Å²) in [5.74, 6) is -0.0998. The average molecular weight is 484 g/mol. The Balaban J connectivity index is 1.64. The van der Waals surface area contributed by atoms with Crippen molar-refractivity contribution in [1.82, 2.24) is 9.88 Å². The highest BCUT2D eigenvalue weighted by atomic mass is 32.1. The topological polar surface area (TPSA) is 107 Å². The summed E-state index contributed by atoms with van der Waals surface area (Å²) < 4.78 is 16.1. The number of hydrogen-bond acceptors (Lipinski definition) is 8. The Morgan fingerprint density at radius 1 is 1.24 bits per heavy atom. The van der Waals surface area contributed by atoms with Gasteiger partial charge in [-0.05, 0) is 38.8 Å². The zero-order valence-electron chi connectivity index (χ0n) is 19.1. The lowest BCUT2D eigenvalue weighted by Crippen LogP contribution is -2.44. The van der Waals surface area contributed by atoms with Crippen molar-refractivity contribution in [3.8, 4) is 11.5 Å². The molecule has 4 rings (SSSR count). The van der Waals surface area contributed by atoms with Gasteiger partial charge in [0.1, 0.15) is 27.2 Å². The molecule has 3 aromatic rings.